The van der Waals surface area contributed by atoms with Crippen LogP contribution in [0.2, 0.25) is 0 Å². The lowest BCUT2D eigenvalue weighted by Gasteiger charge is -2.11. The molecule has 0 aliphatic rings. The first kappa shape index (κ1) is 20.6. The predicted octanol–water partition coefficient (Wildman–Crippen LogP) is 5.19. The summed E-state index contributed by atoms with van der Waals surface area (Å²) >= 11 is 3.41. The normalized spacial score (nSPS) is 11.1. The molecule has 0 heterocycles. The molecule has 3 rings (SSSR count). The van der Waals surface area contributed by atoms with Crippen molar-refractivity contribution in [2.75, 3.05) is 7.11 Å². The summed E-state index contributed by atoms with van der Waals surface area (Å²) in [4.78, 5) is 12.6. The smallest absolute Gasteiger partial charge is 0.275 e. The van der Waals surface area contributed by atoms with Crippen LogP contribution < -0.4 is 14.9 Å². The lowest BCUT2D eigenvalue weighted by Crippen LogP contribution is -2.20. The number of carbonyl (C=O) groups is 1. The van der Waals surface area contributed by atoms with Crippen molar-refractivity contribution >= 4 is 27.5 Å². The molecular weight excluding hydrogens is 432 g/mol. The fourth-order valence-electron chi connectivity index (χ4n) is 2.61. The molecule has 0 spiro atoms. The highest BCUT2D eigenvalue weighted by molar-refractivity contribution is 9.10. The average Bonchev–Trinajstić information content (AvgIpc) is 2.77. The van der Waals surface area contributed by atoms with Crippen molar-refractivity contribution in [2.45, 2.75) is 13.5 Å². The molecule has 0 unspecified atom stereocenters. The van der Waals surface area contributed by atoms with Crippen molar-refractivity contribution in [3.05, 3.63) is 94.0 Å². The molecule has 29 heavy (non-hydrogen) atoms. The number of nitrogens with one attached hydrogen (secondary N) is 1. The Morgan fingerprint density at radius 3 is 2.38 bits per heavy atom. The van der Waals surface area contributed by atoms with Gasteiger partial charge in [0.05, 0.1) is 18.4 Å². The van der Waals surface area contributed by atoms with Crippen molar-refractivity contribution in [3.8, 4) is 11.5 Å². The number of carbonyl (C=O) groups excluding carboxylic acids is 1. The number of amides is 1. The molecule has 0 fully saturated rings. The van der Waals surface area contributed by atoms with Crippen LogP contribution in [-0.2, 0) is 6.61 Å². The largest absolute Gasteiger partial charge is 0.497 e. The van der Waals surface area contributed by atoms with Crippen LogP contribution in [0.5, 0.6) is 11.5 Å². The second-order valence-electron chi connectivity index (χ2n) is 6.28. The summed E-state index contributed by atoms with van der Waals surface area (Å²) in [6.45, 7) is 2.20. The molecule has 0 bridgehead atoms. The first-order valence-corrected chi connectivity index (χ1v) is 9.81. The summed E-state index contributed by atoms with van der Waals surface area (Å²) in [5.41, 5.74) is 5.62. The van der Waals surface area contributed by atoms with E-state index in [1.807, 2.05) is 61.5 Å². The number of benzene rings is 3. The van der Waals surface area contributed by atoms with Crippen molar-refractivity contribution < 1.29 is 14.3 Å². The van der Waals surface area contributed by atoms with Crippen molar-refractivity contribution in [2.24, 2.45) is 5.10 Å². The van der Waals surface area contributed by atoms with Gasteiger partial charge < -0.3 is 9.47 Å². The number of halogens is 1. The van der Waals surface area contributed by atoms with Gasteiger partial charge >= 0.3 is 0 Å². The van der Waals surface area contributed by atoms with E-state index in [0.29, 0.717) is 23.6 Å². The van der Waals surface area contributed by atoms with Crippen molar-refractivity contribution in [3.63, 3.8) is 0 Å². The molecule has 0 aromatic heterocycles. The molecule has 148 valence electrons. The Kier molecular flexibility index (Phi) is 7.03. The van der Waals surface area contributed by atoms with Crippen LogP contribution in [0.3, 0.4) is 0 Å². The summed E-state index contributed by atoms with van der Waals surface area (Å²) < 4.78 is 12.0. The average molecular weight is 453 g/mol. The highest BCUT2D eigenvalue weighted by Crippen LogP contribution is 2.20. The Bertz CT molecular complexity index is 999. The Labute approximate surface area is 178 Å². The zero-order chi connectivity index (χ0) is 20.6. The van der Waals surface area contributed by atoms with E-state index in [9.17, 15) is 4.79 Å². The first-order chi connectivity index (χ1) is 14.1. The monoisotopic (exact) mass is 452 g/mol. The fourth-order valence-corrected chi connectivity index (χ4v) is 2.88. The third kappa shape index (κ3) is 5.68. The quantitative estimate of drug-likeness (QED) is 0.396. The minimum atomic E-state index is -0.329. The zero-order valence-electron chi connectivity index (χ0n) is 16.2. The van der Waals surface area contributed by atoms with Gasteiger partial charge in [-0.15, -0.1) is 0 Å². The van der Waals surface area contributed by atoms with Crippen molar-refractivity contribution in [1.82, 2.24) is 5.43 Å². The maximum absolute atomic E-state index is 12.6. The molecule has 0 atom stereocenters. The lowest BCUT2D eigenvalue weighted by molar-refractivity contribution is 0.0950. The van der Waals surface area contributed by atoms with Gasteiger partial charge in [-0.1, -0.05) is 40.2 Å². The summed E-state index contributed by atoms with van der Waals surface area (Å²) in [6.07, 6.45) is 0. The van der Waals surface area contributed by atoms with Gasteiger partial charge in [0.15, 0.2) is 0 Å². The standard InChI is InChI=1S/C23H21BrN2O3/c1-16(18-9-13-20(28-2)14-10-18)25-26-23(27)21-5-3-4-6-22(21)29-15-17-7-11-19(24)12-8-17/h3-14H,15H2,1-2H3,(H,26,27)/b25-16+. The lowest BCUT2D eigenvalue weighted by atomic mass is 10.1. The highest BCUT2D eigenvalue weighted by Gasteiger charge is 2.12. The van der Waals surface area contributed by atoms with Crippen LogP contribution in [-0.4, -0.2) is 18.7 Å². The van der Waals surface area contributed by atoms with Gasteiger partial charge in [0.2, 0.25) is 0 Å². The van der Waals surface area contributed by atoms with E-state index in [0.717, 1.165) is 21.3 Å². The van der Waals surface area contributed by atoms with Crippen LogP contribution >= 0.6 is 15.9 Å². The maximum Gasteiger partial charge on any atom is 0.275 e. The van der Waals surface area contributed by atoms with Gasteiger partial charge in [-0.2, -0.15) is 5.10 Å². The van der Waals surface area contributed by atoms with Crippen LogP contribution in [0.1, 0.15) is 28.4 Å². The molecule has 1 amide bonds. The van der Waals surface area contributed by atoms with Crippen LogP contribution in [0.4, 0.5) is 0 Å². The molecule has 6 heteroatoms. The molecule has 3 aromatic rings. The van der Waals surface area contributed by atoms with Crippen LogP contribution in [0, 0.1) is 0 Å². The Morgan fingerprint density at radius 1 is 1.00 bits per heavy atom. The molecular formula is C23H21BrN2O3. The van der Waals surface area contributed by atoms with Gasteiger partial charge in [-0.3, -0.25) is 4.79 Å². The minimum Gasteiger partial charge on any atom is -0.497 e. The molecule has 0 aliphatic carbocycles. The number of para-hydroxylation sites is 1. The third-order valence-electron chi connectivity index (χ3n) is 4.27. The molecule has 0 radical (unpaired) electrons. The number of methoxy groups -OCH3 is 1. The second kappa shape index (κ2) is 9.89. The summed E-state index contributed by atoms with van der Waals surface area (Å²) in [5, 5.41) is 4.21. The van der Waals surface area contributed by atoms with Crippen molar-refractivity contribution in [1.29, 1.82) is 0 Å². The van der Waals surface area contributed by atoms with Gasteiger partial charge in [0.1, 0.15) is 18.1 Å². The maximum atomic E-state index is 12.6. The molecule has 0 aliphatic heterocycles. The van der Waals surface area contributed by atoms with E-state index < -0.39 is 0 Å². The van der Waals surface area contributed by atoms with E-state index in [1.165, 1.54) is 0 Å². The Balaban J connectivity index is 1.67. The van der Waals surface area contributed by atoms with E-state index in [4.69, 9.17) is 9.47 Å². The number of rotatable bonds is 7. The van der Waals surface area contributed by atoms with Gasteiger partial charge in [-0.05, 0) is 66.6 Å². The van der Waals surface area contributed by atoms with Gasteiger partial charge in [-0.25, -0.2) is 5.43 Å². The molecule has 0 saturated carbocycles. The number of hydrazone groups is 1. The first-order valence-electron chi connectivity index (χ1n) is 9.02. The number of hydrogen-bond donors (Lipinski definition) is 1. The molecule has 5 nitrogen and oxygen atoms in total. The second-order valence-corrected chi connectivity index (χ2v) is 7.19. The zero-order valence-corrected chi connectivity index (χ0v) is 17.8. The summed E-state index contributed by atoms with van der Waals surface area (Å²) in [5.74, 6) is 0.942. The summed E-state index contributed by atoms with van der Waals surface area (Å²) in [7, 11) is 1.62. The van der Waals surface area contributed by atoms with E-state index in [-0.39, 0.29) is 5.91 Å². The Morgan fingerprint density at radius 2 is 1.69 bits per heavy atom. The Hall–Kier alpha value is -3.12. The van der Waals surface area contributed by atoms with E-state index in [1.54, 1.807) is 25.3 Å². The number of nitrogens with zero attached hydrogens (tertiary/aromatic N) is 1. The van der Waals surface area contributed by atoms with Gasteiger partial charge in [0.25, 0.3) is 5.91 Å². The number of hydrogen-bond acceptors (Lipinski definition) is 4. The van der Waals surface area contributed by atoms with Crippen LogP contribution in [0.25, 0.3) is 0 Å². The van der Waals surface area contributed by atoms with E-state index in [2.05, 4.69) is 26.5 Å². The SMILES string of the molecule is COc1ccc(/C(C)=N/NC(=O)c2ccccc2OCc2ccc(Br)cc2)cc1. The van der Waals surface area contributed by atoms with E-state index >= 15 is 0 Å². The molecule has 3 aromatic carbocycles. The number of ether oxygens (including phenoxy) is 2. The third-order valence-corrected chi connectivity index (χ3v) is 4.80. The highest BCUT2D eigenvalue weighted by atomic mass is 79.9. The minimum absolute atomic E-state index is 0.329. The van der Waals surface area contributed by atoms with Crippen LogP contribution in [0.15, 0.2) is 82.4 Å². The molecule has 0 saturated heterocycles. The molecule has 1 N–H and O–H groups in total. The topological polar surface area (TPSA) is 59.9 Å². The predicted molar refractivity (Wildman–Crippen MR) is 118 cm³/mol. The van der Waals surface area contributed by atoms with Gasteiger partial charge in [0, 0.05) is 4.47 Å². The summed E-state index contributed by atoms with van der Waals surface area (Å²) in [6, 6.07) is 22.4. The fraction of sp³-hybridized carbons (Fsp3) is 0.130.